The van der Waals surface area contributed by atoms with Crippen LogP contribution in [0.3, 0.4) is 0 Å². The van der Waals surface area contributed by atoms with Crippen LogP contribution in [0, 0.1) is 6.92 Å². The molecule has 0 unspecified atom stereocenters. The van der Waals surface area contributed by atoms with E-state index in [0.717, 1.165) is 28.0 Å². The van der Waals surface area contributed by atoms with Crippen molar-refractivity contribution in [2.75, 3.05) is 5.32 Å². The average molecular weight is 358 g/mol. The Kier molecular flexibility index (Phi) is 3.53. The molecule has 4 heterocycles. The number of rotatable bonds is 4. The first kappa shape index (κ1) is 15.7. The number of nitrogens with zero attached hydrogens (tertiary/aromatic N) is 4. The molecule has 2 N–H and O–H groups in total. The van der Waals surface area contributed by atoms with Crippen molar-refractivity contribution in [3.63, 3.8) is 0 Å². The summed E-state index contributed by atoms with van der Waals surface area (Å²) in [5.74, 6) is 0.862. The normalized spacial score (nSPS) is 13.8. The summed E-state index contributed by atoms with van der Waals surface area (Å²) in [6, 6.07) is 7.79. The Morgan fingerprint density at radius 1 is 1.22 bits per heavy atom. The van der Waals surface area contributed by atoms with E-state index in [0.29, 0.717) is 17.3 Å². The minimum Gasteiger partial charge on any atom is -0.305 e. The molecule has 0 aliphatic heterocycles. The van der Waals surface area contributed by atoms with Crippen LogP contribution in [0.4, 0.5) is 5.82 Å². The number of nitrogens with one attached hydrogen (secondary N) is 2. The van der Waals surface area contributed by atoms with E-state index in [1.54, 1.807) is 18.5 Å². The largest absolute Gasteiger partial charge is 0.305 e. The number of hydrogen-bond donors (Lipinski definition) is 2. The molecule has 4 aromatic heterocycles. The lowest BCUT2D eigenvalue weighted by Crippen LogP contribution is -2.13. The molecule has 7 heteroatoms. The topological polar surface area (TPSA) is 88.5 Å². The fourth-order valence-electron chi connectivity index (χ4n) is 3.22. The highest BCUT2D eigenvalue weighted by Gasteiger charge is 2.25. The molecule has 134 valence electrons. The maximum Gasteiger partial charge on any atom is 0.258 e. The fraction of sp³-hybridized carbons (Fsp3) is 0.200. The highest BCUT2D eigenvalue weighted by Crippen LogP contribution is 2.39. The van der Waals surface area contributed by atoms with E-state index in [1.165, 1.54) is 12.8 Å². The van der Waals surface area contributed by atoms with Crippen LogP contribution in [0.2, 0.25) is 0 Å². The van der Waals surface area contributed by atoms with Gasteiger partial charge in [-0.1, -0.05) is 0 Å². The van der Waals surface area contributed by atoms with Crippen LogP contribution in [-0.2, 0) is 0 Å². The van der Waals surface area contributed by atoms with Gasteiger partial charge in [0.25, 0.3) is 5.91 Å². The van der Waals surface area contributed by atoms with Crippen LogP contribution >= 0.6 is 0 Å². The van der Waals surface area contributed by atoms with Gasteiger partial charge >= 0.3 is 0 Å². The number of H-pyrrole nitrogens is 1. The van der Waals surface area contributed by atoms with Gasteiger partial charge in [-0.25, -0.2) is 4.98 Å². The molecule has 0 aromatic carbocycles. The second-order valence-electron chi connectivity index (χ2n) is 6.98. The maximum absolute atomic E-state index is 12.6. The van der Waals surface area contributed by atoms with E-state index in [4.69, 9.17) is 0 Å². The van der Waals surface area contributed by atoms with Crippen molar-refractivity contribution in [3.05, 3.63) is 65.9 Å². The van der Waals surface area contributed by atoms with Gasteiger partial charge in [-0.05, 0) is 43.5 Å². The SMILES string of the molecule is Cc1cnc2c(ccn2-c2cncc(C(=O)Nc3cc(C4CC4)[nH]n3)c2)c1. The van der Waals surface area contributed by atoms with Gasteiger partial charge in [0, 0.05) is 41.7 Å². The lowest BCUT2D eigenvalue weighted by Gasteiger charge is -2.07. The minimum absolute atomic E-state index is 0.238. The van der Waals surface area contributed by atoms with Crippen LogP contribution in [0.15, 0.2) is 49.1 Å². The maximum atomic E-state index is 12.6. The van der Waals surface area contributed by atoms with Crippen molar-refractivity contribution in [1.29, 1.82) is 0 Å². The summed E-state index contributed by atoms with van der Waals surface area (Å²) >= 11 is 0. The van der Waals surface area contributed by atoms with Crippen LogP contribution in [0.25, 0.3) is 16.7 Å². The number of pyridine rings is 2. The van der Waals surface area contributed by atoms with Crippen molar-refractivity contribution in [1.82, 2.24) is 24.7 Å². The number of aryl methyl sites for hydroxylation is 1. The van der Waals surface area contributed by atoms with Crippen LogP contribution < -0.4 is 5.32 Å². The van der Waals surface area contributed by atoms with Gasteiger partial charge in [-0.2, -0.15) is 5.10 Å². The first-order valence-corrected chi connectivity index (χ1v) is 8.93. The zero-order chi connectivity index (χ0) is 18.4. The summed E-state index contributed by atoms with van der Waals surface area (Å²) < 4.78 is 1.93. The van der Waals surface area contributed by atoms with E-state index in [2.05, 4.69) is 31.5 Å². The number of anilines is 1. The van der Waals surface area contributed by atoms with Gasteiger partial charge in [0.15, 0.2) is 5.82 Å². The molecule has 0 bridgehead atoms. The van der Waals surface area contributed by atoms with Crippen molar-refractivity contribution in [2.24, 2.45) is 0 Å². The second kappa shape index (κ2) is 6.05. The Morgan fingerprint density at radius 3 is 2.96 bits per heavy atom. The molecular weight excluding hydrogens is 340 g/mol. The summed E-state index contributed by atoms with van der Waals surface area (Å²) in [5.41, 5.74) is 4.28. The summed E-state index contributed by atoms with van der Waals surface area (Å²) in [6.07, 6.45) is 9.40. The highest BCUT2D eigenvalue weighted by atomic mass is 16.1. The van der Waals surface area contributed by atoms with Crippen molar-refractivity contribution >= 4 is 22.8 Å². The standard InChI is InChI=1S/C20H18N6O/c1-12-6-14-4-5-26(19(14)22-9-12)16-7-15(10-21-11-16)20(27)23-18-8-17(24-25-18)13-2-3-13/h4-11,13H,2-3H2,1H3,(H2,23,24,25,27). The number of hydrogen-bond acceptors (Lipinski definition) is 4. The number of amides is 1. The molecule has 1 aliphatic rings. The summed E-state index contributed by atoms with van der Waals surface area (Å²) in [7, 11) is 0. The number of carbonyl (C=O) groups is 1. The zero-order valence-corrected chi connectivity index (χ0v) is 14.8. The molecule has 1 aliphatic carbocycles. The molecule has 0 atom stereocenters. The molecule has 0 saturated heterocycles. The summed E-state index contributed by atoms with van der Waals surface area (Å²) in [6.45, 7) is 2.01. The predicted octanol–water partition coefficient (Wildman–Crippen LogP) is 3.58. The lowest BCUT2D eigenvalue weighted by molar-refractivity contribution is 0.102. The summed E-state index contributed by atoms with van der Waals surface area (Å²) in [4.78, 5) is 21.3. The molecule has 4 aromatic rings. The van der Waals surface area contributed by atoms with Gasteiger partial charge in [0.1, 0.15) is 5.65 Å². The molecule has 1 amide bonds. The van der Waals surface area contributed by atoms with Gasteiger partial charge in [0.2, 0.25) is 0 Å². The Balaban J connectivity index is 1.42. The molecule has 7 nitrogen and oxygen atoms in total. The average Bonchev–Trinajstić information content (AvgIpc) is 3.28. The molecule has 0 spiro atoms. The summed E-state index contributed by atoms with van der Waals surface area (Å²) in [5, 5.41) is 11.0. The number of aromatic amines is 1. The first-order chi connectivity index (χ1) is 13.2. The Hall–Kier alpha value is -3.48. The number of fused-ring (bicyclic) bond motifs is 1. The number of aromatic nitrogens is 5. The Labute approximate surface area is 155 Å². The molecule has 1 saturated carbocycles. The third-order valence-corrected chi connectivity index (χ3v) is 4.78. The van der Waals surface area contributed by atoms with Crippen molar-refractivity contribution in [3.8, 4) is 5.69 Å². The fourth-order valence-corrected chi connectivity index (χ4v) is 3.22. The minimum atomic E-state index is -0.238. The van der Waals surface area contributed by atoms with E-state index in [-0.39, 0.29) is 5.91 Å². The lowest BCUT2D eigenvalue weighted by atomic mass is 10.2. The molecule has 1 fully saturated rings. The van der Waals surface area contributed by atoms with Gasteiger partial charge in [-0.15, -0.1) is 0 Å². The molecule has 5 rings (SSSR count). The van der Waals surface area contributed by atoms with Crippen molar-refractivity contribution in [2.45, 2.75) is 25.7 Å². The van der Waals surface area contributed by atoms with Gasteiger partial charge in [-0.3, -0.25) is 19.4 Å². The molecule has 0 radical (unpaired) electrons. The van der Waals surface area contributed by atoms with Crippen LogP contribution in [-0.4, -0.2) is 30.6 Å². The van der Waals surface area contributed by atoms with Crippen LogP contribution in [0.1, 0.15) is 40.4 Å². The third-order valence-electron chi connectivity index (χ3n) is 4.78. The van der Waals surface area contributed by atoms with Gasteiger partial charge < -0.3 is 5.32 Å². The predicted molar refractivity (Wildman–Crippen MR) is 102 cm³/mol. The van der Waals surface area contributed by atoms with E-state index in [9.17, 15) is 4.79 Å². The highest BCUT2D eigenvalue weighted by molar-refractivity contribution is 6.04. The van der Waals surface area contributed by atoms with Crippen molar-refractivity contribution < 1.29 is 4.79 Å². The van der Waals surface area contributed by atoms with E-state index >= 15 is 0 Å². The number of carbonyl (C=O) groups excluding carboxylic acids is 1. The first-order valence-electron chi connectivity index (χ1n) is 8.93. The monoisotopic (exact) mass is 358 g/mol. The molecule has 27 heavy (non-hydrogen) atoms. The zero-order valence-electron chi connectivity index (χ0n) is 14.8. The Bertz CT molecular complexity index is 1150. The second-order valence-corrected chi connectivity index (χ2v) is 6.98. The Morgan fingerprint density at radius 2 is 2.11 bits per heavy atom. The smallest absolute Gasteiger partial charge is 0.258 e. The molecular formula is C20H18N6O. The third kappa shape index (κ3) is 2.97. The van der Waals surface area contributed by atoms with E-state index < -0.39 is 0 Å². The van der Waals surface area contributed by atoms with Crippen LogP contribution in [0.5, 0.6) is 0 Å². The van der Waals surface area contributed by atoms with E-state index in [1.807, 2.05) is 36.0 Å². The van der Waals surface area contributed by atoms with Gasteiger partial charge in [0.05, 0.1) is 17.4 Å². The quantitative estimate of drug-likeness (QED) is 0.583.